The SMILES string of the molecule is CCCN(C=O)CCOC.COc1nc(N)c(C=N)cc1Nc1ncnc2sc3c(c12)CCCC3. The van der Waals surface area contributed by atoms with E-state index >= 15 is 0 Å². The summed E-state index contributed by atoms with van der Waals surface area (Å²) in [7, 11) is 3.17. The van der Waals surface area contributed by atoms with Gasteiger partial charge in [0, 0.05) is 36.9 Å². The van der Waals surface area contributed by atoms with Gasteiger partial charge in [-0.15, -0.1) is 11.3 Å². The molecule has 0 saturated heterocycles. The molecule has 10 nitrogen and oxygen atoms in total. The van der Waals surface area contributed by atoms with Crippen molar-refractivity contribution in [3.8, 4) is 5.88 Å². The number of nitrogens with one attached hydrogen (secondary N) is 2. The molecule has 0 aliphatic heterocycles. The number of aromatic nitrogens is 3. The maximum absolute atomic E-state index is 10.3. The summed E-state index contributed by atoms with van der Waals surface area (Å²) in [6, 6.07) is 1.75. The minimum absolute atomic E-state index is 0.262. The molecule has 4 rings (SSSR count). The van der Waals surface area contributed by atoms with Crippen LogP contribution in [-0.2, 0) is 22.4 Å². The Kier molecular flexibility index (Phi) is 9.74. The molecule has 0 atom stereocenters. The number of carbonyl (C=O) groups excluding carboxylic acids is 1. The molecule has 0 aromatic carbocycles. The van der Waals surface area contributed by atoms with Crippen molar-refractivity contribution in [3.05, 3.63) is 28.4 Å². The molecule has 35 heavy (non-hydrogen) atoms. The third-order valence-corrected chi connectivity index (χ3v) is 6.84. The Hall–Kier alpha value is -3.31. The summed E-state index contributed by atoms with van der Waals surface area (Å²) in [6.45, 7) is 4.20. The van der Waals surface area contributed by atoms with Gasteiger partial charge in [-0.05, 0) is 43.7 Å². The molecule has 0 unspecified atom stereocenters. The van der Waals surface area contributed by atoms with Crippen molar-refractivity contribution < 1.29 is 14.3 Å². The summed E-state index contributed by atoms with van der Waals surface area (Å²) < 4.78 is 10.2. The number of hydrogen-bond donors (Lipinski definition) is 3. The van der Waals surface area contributed by atoms with Crippen molar-refractivity contribution in [3.63, 3.8) is 0 Å². The van der Waals surface area contributed by atoms with Crippen LogP contribution in [0.4, 0.5) is 17.3 Å². The van der Waals surface area contributed by atoms with E-state index in [0.29, 0.717) is 30.3 Å². The van der Waals surface area contributed by atoms with Gasteiger partial charge >= 0.3 is 0 Å². The van der Waals surface area contributed by atoms with Crippen LogP contribution in [0.1, 0.15) is 42.2 Å². The highest BCUT2D eigenvalue weighted by molar-refractivity contribution is 7.19. The number of ether oxygens (including phenoxy) is 2. The van der Waals surface area contributed by atoms with E-state index in [1.165, 1.54) is 29.5 Å². The Labute approximate surface area is 209 Å². The van der Waals surface area contributed by atoms with Crippen molar-refractivity contribution in [2.45, 2.75) is 39.0 Å². The molecule has 0 bridgehead atoms. The van der Waals surface area contributed by atoms with Crippen molar-refractivity contribution in [2.24, 2.45) is 0 Å². The molecule has 1 aliphatic rings. The van der Waals surface area contributed by atoms with Crippen LogP contribution < -0.4 is 15.8 Å². The predicted octanol–water partition coefficient (Wildman–Crippen LogP) is 3.80. The zero-order valence-electron chi connectivity index (χ0n) is 20.5. The molecule has 0 spiro atoms. The molecular formula is C24H33N7O3S. The number of carbonyl (C=O) groups is 1. The largest absolute Gasteiger partial charge is 0.479 e. The second-order valence-electron chi connectivity index (χ2n) is 8.04. The molecule has 0 radical (unpaired) electrons. The maximum Gasteiger partial charge on any atom is 0.239 e. The minimum atomic E-state index is 0.262. The maximum atomic E-state index is 10.3. The Morgan fingerprint density at radius 1 is 1.26 bits per heavy atom. The lowest BCUT2D eigenvalue weighted by Crippen LogP contribution is -2.26. The number of thiophene rings is 1. The van der Waals surface area contributed by atoms with Crippen LogP contribution in [-0.4, -0.2) is 66.4 Å². The van der Waals surface area contributed by atoms with E-state index < -0.39 is 0 Å². The number of aryl methyl sites for hydroxylation is 2. The Balaban J connectivity index is 0.000000292. The first-order chi connectivity index (χ1) is 17.1. The van der Waals surface area contributed by atoms with Crippen LogP contribution in [0.5, 0.6) is 5.88 Å². The van der Waals surface area contributed by atoms with Crippen molar-refractivity contribution in [2.75, 3.05) is 45.0 Å². The van der Waals surface area contributed by atoms with E-state index in [1.807, 2.05) is 6.92 Å². The van der Waals surface area contributed by atoms with Gasteiger partial charge in [-0.3, -0.25) is 4.79 Å². The Bertz CT molecular complexity index is 1150. The number of amides is 1. The van der Waals surface area contributed by atoms with E-state index in [4.69, 9.17) is 20.6 Å². The third-order valence-electron chi connectivity index (χ3n) is 5.64. The van der Waals surface area contributed by atoms with E-state index in [0.717, 1.165) is 48.3 Å². The molecule has 0 fully saturated rings. The molecule has 3 aromatic rings. The number of fused-ring (bicyclic) bond motifs is 3. The normalized spacial score (nSPS) is 12.3. The summed E-state index contributed by atoms with van der Waals surface area (Å²) >= 11 is 1.75. The van der Waals surface area contributed by atoms with Crippen LogP contribution >= 0.6 is 11.3 Å². The van der Waals surface area contributed by atoms with Crippen LogP contribution in [0.15, 0.2) is 12.4 Å². The van der Waals surface area contributed by atoms with Gasteiger partial charge in [-0.2, -0.15) is 4.98 Å². The lowest BCUT2D eigenvalue weighted by atomic mass is 9.97. The van der Waals surface area contributed by atoms with Gasteiger partial charge in [-0.1, -0.05) is 6.92 Å². The highest BCUT2D eigenvalue weighted by Crippen LogP contribution is 2.39. The number of methoxy groups -OCH3 is 2. The molecule has 0 saturated carbocycles. The summed E-state index contributed by atoms with van der Waals surface area (Å²) in [5.41, 5.74) is 8.35. The average molecular weight is 500 g/mol. The Morgan fingerprint density at radius 2 is 2.06 bits per heavy atom. The van der Waals surface area contributed by atoms with Gasteiger partial charge in [0.05, 0.1) is 19.1 Å². The average Bonchev–Trinajstić information content (AvgIpc) is 3.27. The molecule has 1 amide bonds. The number of nitrogens with zero attached hydrogens (tertiary/aromatic N) is 4. The van der Waals surface area contributed by atoms with Crippen LogP contribution in [0.3, 0.4) is 0 Å². The van der Waals surface area contributed by atoms with E-state index in [1.54, 1.807) is 42.8 Å². The second-order valence-corrected chi connectivity index (χ2v) is 9.12. The van der Waals surface area contributed by atoms with Crippen molar-refractivity contribution in [1.82, 2.24) is 19.9 Å². The quantitative estimate of drug-likeness (QED) is 0.283. The van der Waals surface area contributed by atoms with Gasteiger partial charge in [0.2, 0.25) is 12.3 Å². The molecule has 188 valence electrons. The van der Waals surface area contributed by atoms with Gasteiger partial charge in [0.15, 0.2) is 0 Å². The fourth-order valence-corrected chi connectivity index (χ4v) is 5.14. The summed E-state index contributed by atoms with van der Waals surface area (Å²) in [4.78, 5) is 27.5. The first-order valence-corrected chi connectivity index (χ1v) is 12.4. The number of rotatable bonds is 10. The smallest absolute Gasteiger partial charge is 0.239 e. The predicted molar refractivity (Wildman–Crippen MR) is 140 cm³/mol. The minimum Gasteiger partial charge on any atom is -0.479 e. The highest BCUT2D eigenvalue weighted by Gasteiger charge is 2.21. The van der Waals surface area contributed by atoms with Gasteiger partial charge < -0.3 is 30.8 Å². The van der Waals surface area contributed by atoms with Crippen molar-refractivity contribution >= 4 is 51.5 Å². The number of anilines is 3. The summed E-state index contributed by atoms with van der Waals surface area (Å²) in [5.74, 6) is 1.38. The summed E-state index contributed by atoms with van der Waals surface area (Å²) in [5, 5.41) is 11.9. The third kappa shape index (κ3) is 6.43. The lowest BCUT2D eigenvalue weighted by Gasteiger charge is -2.14. The van der Waals surface area contributed by atoms with Crippen LogP contribution in [0.2, 0.25) is 0 Å². The number of hydrogen-bond acceptors (Lipinski definition) is 10. The van der Waals surface area contributed by atoms with Crippen molar-refractivity contribution in [1.29, 1.82) is 5.41 Å². The van der Waals surface area contributed by atoms with E-state index in [2.05, 4.69) is 20.3 Å². The topological polar surface area (TPSA) is 139 Å². The molecule has 11 heteroatoms. The number of pyridine rings is 1. The van der Waals surface area contributed by atoms with E-state index in [9.17, 15) is 4.79 Å². The summed E-state index contributed by atoms with van der Waals surface area (Å²) in [6.07, 6.45) is 9.20. The van der Waals surface area contributed by atoms with Crippen LogP contribution in [0, 0.1) is 5.41 Å². The zero-order chi connectivity index (χ0) is 25.2. The molecule has 1 aliphatic carbocycles. The number of nitrogen functional groups attached to an aromatic ring is 1. The number of nitrogens with two attached hydrogens (primary N) is 1. The van der Waals surface area contributed by atoms with Gasteiger partial charge in [0.1, 0.15) is 28.5 Å². The fraction of sp³-hybridized carbons (Fsp3) is 0.458. The molecule has 4 N–H and O–H groups in total. The monoisotopic (exact) mass is 499 g/mol. The fourth-order valence-electron chi connectivity index (χ4n) is 3.91. The lowest BCUT2D eigenvalue weighted by molar-refractivity contribution is -0.118. The van der Waals surface area contributed by atoms with Gasteiger partial charge in [-0.25, -0.2) is 9.97 Å². The first-order valence-electron chi connectivity index (χ1n) is 11.6. The Morgan fingerprint density at radius 3 is 2.74 bits per heavy atom. The van der Waals surface area contributed by atoms with E-state index in [-0.39, 0.29) is 5.82 Å². The van der Waals surface area contributed by atoms with Crippen LogP contribution in [0.25, 0.3) is 10.2 Å². The van der Waals surface area contributed by atoms with Gasteiger partial charge in [0.25, 0.3) is 0 Å². The molecule has 3 aromatic heterocycles. The first kappa shape index (κ1) is 26.3. The second kappa shape index (κ2) is 13.0. The molecular weight excluding hydrogens is 466 g/mol. The highest BCUT2D eigenvalue weighted by atomic mass is 32.1. The zero-order valence-corrected chi connectivity index (χ0v) is 21.3. The molecule has 3 heterocycles. The standard InChI is InChI=1S/C17H18N6OS.C7H15NO2/c1-24-16-11(6-9(7-18)14(19)23-16)22-15-13-10-4-2-3-5-12(10)25-17(13)21-8-20-15;1-3-4-8(7-9)5-6-10-2/h6-8,18H,2-5H2,1H3,(H2,19,23)(H,20,21,22);7H,3-6H2,1-2H3.